The molecule has 8 nitrogen and oxygen atoms in total. The van der Waals surface area contributed by atoms with Gasteiger partial charge in [0.25, 0.3) is 0 Å². The third-order valence-electron chi connectivity index (χ3n) is 2.64. The van der Waals surface area contributed by atoms with Gasteiger partial charge in [0.1, 0.15) is 5.54 Å². The molecule has 9 heteroatoms. The largest absolute Gasteiger partial charge is 0.480 e. The number of urea groups is 1. The number of carbonyl (C=O) groups excluding carboxylic acids is 1. The van der Waals surface area contributed by atoms with Crippen LogP contribution in [0.25, 0.3) is 0 Å². The Kier molecular flexibility index (Phi) is 6.06. The smallest absolute Gasteiger partial charge is 0.329 e. The fraction of sp³-hybridized carbons (Fsp3) is 0.778. The summed E-state index contributed by atoms with van der Waals surface area (Å²) in [5, 5.41) is 18.4. The van der Waals surface area contributed by atoms with Crippen molar-refractivity contribution in [1.29, 1.82) is 0 Å². The molecule has 0 aromatic carbocycles. The molecule has 0 fully saturated rings. The summed E-state index contributed by atoms with van der Waals surface area (Å²) in [6.45, 7) is 3.11. The highest BCUT2D eigenvalue weighted by atomic mass is 32.2. The van der Waals surface area contributed by atoms with Crippen LogP contribution in [-0.2, 0) is 14.8 Å². The topological polar surface area (TPSA) is 139 Å². The summed E-state index contributed by atoms with van der Waals surface area (Å²) in [7, 11) is -3.65. The van der Waals surface area contributed by atoms with Crippen LogP contribution in [0.3, 0.4) is 0 Å². The summed E-state index contributed by atoms with van der Waals surface area (Å²) in [4.78, 5) is 22.5. The van der Waals surface area contributed by atoms with Gasteiger partial charge in [0.05, 0.1) is 5.75 Å². The number of carboxylic acids is 1. The van der Waals surface area contributed by atoms with Crippen molar-refractivity contribution < 1.29 is 23.1 Å². The minimum Gasteiger partial charge on any atom is -0.480 e. The van der Waals surface area contributed by atoms with Gasteiger partial charge in [-0.2, -0.15) is 0 Å². The average Bonchev–Trinajstić information content (AvgIpc) is 2.23. The SMILES string of the molecule is CCC(CC)(NC(=O)NCCS(N)(=O)=O)C(=O)O. The number of carboxylic acid groups (broad SMARTS) is 1. The molecule has 0 heterocycles. The van der Waals surface area contributed by atoms with Crippen molar-refractivity contribution in [2.24, 2.45) is 5.14 Å². The predicted octanol–water partition coefficient (Wildman–Crippen LogP) is -0.782. The molecule has 0 unspecified atom stereocenters. The van der Waals surface area contributed by atoms with Crippen LogP contribution in [0, 0.1) is 0 Å². The first-order chi connectivity index (χ1) is 8.17. The van der Waals surface area contributed by atoms with Gasteiger partial charge in [-0.25, -0.2) is 23.1 Å². The Bertz CT molecular complexity index is 402. The summed E-state index contributed by atoms with van der Waals surface area (Å²) < 4.78 is 21.3. The van der Waals surface area contributed by atoms with Gasteiger partial charge in [0.2, 0.25) is 10.0 Å². The summed E-state index contributed by atoms with van der Waals surface area (Å²) in [6.07, 6.45) is 0.447. The number of carbonyl (C=O) groups is 2. The Morgan fingerprint density at radius 1 is 1.28 bits per heavy atom. The highest BCUT2D eigenvalue weighted by Gasteiger charge is 2.36. The summed E-state index contributed by atoms with van der Waals surface area (Å²) in [6, 6.07) is -0.732. The molecule has 0 saturated heterocycles. The average molecular weight is 281 g/mol. The van der Waals surface area contributed by atoms with Gasteiger partial charge in [0.15, 0.2) is 0 Å². The van der Waals surface area contributed by atoms with E-state index in [1.54, 1.807) is 13.8 Å². The molecule has 106 valence electrons. The van der Waals surface area contributed by atoms with E-state index in [-0.39, 0.29) is 19.4 Å². The minimum absolute atomic E-state index is 0.173. The highest BCUT2D eigenvalue weighted by Crippen LogP contribution is 2.14. The van der Waals surface area contributed by atoms with Crippen LogP contribution in [0.4, 0.5) is 4.79 Å². The molecule has 0 aromatic rings. The van der Waals surface area contributed by atoms with E-state index in [0.29, 0.717) is 0 Å². The third-order valence-corrected chi connectivity index (χ3v) is 3.41. The number of aliphatic carboxylic acids is 1. The summed E-state index contributed by atoms with van der Waals surface area (Å²) in [5.74, 6) is -1.53. The van der Waals surface area contributed by atoms with Crippen molar-refractivity contribution >= 4 is 22.0 Å². The number of nitrogens with one attached hydrogen (secondary N) is 2. The number of amides is 2. The summed E-state index contributed by atoms with van der Waals surface area (Å²) >= 11 is 0. The molecule has 0 saturated carbocycles. The van der Waals surface area contributed by atoms with E-state index in [9.17, 15) is 18.0 Å². The molecule has 0 aliphatic rings. The predicted molar refractivity (Wildman–Crippen MR) is 65.5 cm³/mol. The van der Waals surface area contributed by atoms with E-state index >= 15 is 0 Å². The van der Waals surface area contributed by atoms with Gasteiger partial charge < -0.3 is 15.7 Å². The standard InChI is InChI=1S/C9H19N3O5S/c1-3-9(4-2,7(13)14)12-8(15)11-5-6-18(10,16)17/h3-6H2,1-2H3,(H,13,14)(H2,10,16,17)(H2,11,12,15). The van der Waals surface area contributed by atoms with Crippen molar-refractivity contribution in [2.45, 2.75) is 32.2 Å². The number of hydrogen-bond acceptors (Lipinski definition) is 4. The second-order valence-corrected chi connectivity index (χ2v) is 5.58. The normalized spacial score (nSPS) is 11.9. The van der Waals surface area contributed by atoms with Crippen LogP contribution in [0.1, 0.15) is 26.7 Å². The second-order valence-electron chi connectivity index (χ2n) is 3.84. The van der Waals surface area contributed by atoms with Crippen LogP contribution in [0.15, 0.2) is 0 Å². The van der Waals surface area contributed by atoms with E-state index in [2.05, 4.69) is 10.6 Å². The Morgan fingerprint density at radius 2 is 1.78 bits per heavy atom. The lowest BCUT2D eigenvalue weighted by Gasteiger charge is -2.27. The lowest BCUT2D eigenvalue weighted by molar-refractivity contribution is -0.144. The fourth-order valence-electron chi connectivity index (χ4n) is 1.35. The van der Waals surface area contributed by atoms with Gasteiger partial charge in [-0.1, -0.05) is 13.8 Å². The number of sulfonamides is 1. The number of primary sulfonamides is 1. The summed E-state index contributed by atoms with van der Waals surface area (Å²) in [5.41, 5.74) is -1.34. The van der Waals surface area contributed by atoms with Crippen molar-refractivity contribution in [2.75, 3.05) is 12.3 Å². The van der Waals surface area contributed by atoms with E-state index < -0.39 is 33.3 Å². The number of nitrogens with two attached hydrogens (primary N) is 1. The molecular weight excluding hydrogens is 262 g/mol. The second kappa shape index (κ2) is 6.55. The Morgan fingerprint density at radius 3 is 2.11 bits per heavy atom. The first-order valence-corrected chi connectivity index (χ1v) is 7.18. The zero-order chi connectivity index (χ0) is 14.4. The maximum Gasteiger partial charge on any atom is 0.329 e. The lowest BCUT2D eigenvalue weighted by Crippen LogP contribution is -2.56. The van der Waals surface area contributed by atoms with Crippen LogP contribution < -0.4 is 15.8 Å². The van der Waals surface area contributed by atoms with Gasteiger partial charge in [-0.05, 0) is 12.8 Å². The van der Waals surface area contributed by atoms with Gasteiger partial charge in [-0.15, -0.1) is 0 Å². The molecule has 0 aliphatic carbocycles. The van der Waals surface area contributed by atoms with Crippen molar-refractivity contribution in [3.8, 4) is 0 Å². The van der Waals surface area contributed by atoms with Gasteiger partial charge in [-0.3, -0.25) is 0 Å². The Balaban J connectivity index is 4.41. The number of rotatable bonds is 7. The fourth-order valence-corrected chi connectivity index (χ4v) is 1.74. The first-order valence-electron chi connectivity index (χ1n) is 5.46. The van der Waals surface area contributed by atoms with Gasteiger partial charge in [0, 0.05) is 6.54 Å². The minimum atomic E-state index is -3.65. The van der Waals surface area contributed by atoms with E-state index in [1.165, 1.54) is 0 Å². The highest BCUT2D eigenvalue weighted by molar-refractivity contribution is 7.89. The molecule has 5 N–H and O–H groups in total. The van der Waals surface area contributed by atoms with Gasteiger partial charge >= 0.3 is 12.0 Å². The molecule has 0 aromatic heterocycles. The maximum absolute atomic E-state index is 11.4. The maximum atomic E-state index is 11.4. The van der Waals surface area contributed by atoms with E-state index in [1.807, 2.05) is 0 Å². The Hall–Kier alpha value is -1.35. The number of hydrogen-bond donors (Lipinski definition) is 4. The molecule has 0 atom stereocenters. The van der Waals surface area contributed by atoms with E-state index in [4.69, 9.17) is 10.2 Å². The van der Waals surface area contributed by atoms with Crippen molar-refractivity contribution in [1.82, 2.24) is 10.6 Å². The van der Waals surface area contributed by atoms with Crippen LogP contribution in [0.5, 0.6) is 0 Å². The molecule has 18 heavy (non-hydrogen) atoms. The third kappa shape index (κ3) is 5.32. The zero-order valence-electron chi connectivity index (χ0n) is 10.4. The Labute approximate surface area is 106 Å². The quantitative estimate of drug-likeness (QED) is 0.484. The lowest BCUT2D eigenvalue weighted by atomic mass is 9.93. The molecule has 0 rings (SSSR count). The zero-order valence-corrected chi connectivity index (χ0v) is 11.2. The molecule has 0 spiro atoms. The van der Waals surface area contributed by atoms with Crippen molar-refractivity contribution in [3.05, 3.63) is 0 Å². The molecular formula is C9H19N3O5S. The monoisotopic (exact) mass is 281 g/mol. The first kappa shape index (κ1) is 16.6. The molecule has 0 bridgehead atoms. The molecule has 0 aliphatic heterocycles. The van der Waals surface area contributed by atoms with Crippen LogP contribution >= 0.6 is 0 Å². The molecule has 0 radical (unpaired) electrons. The van der Waals surface area contributed by atoms with E-state index in [0.717, 1.165) is 0 Å². The molecule has 2 amide bonds. The van der Waals surface area contributed by atoms with Crippen molar-refractivity contribution in [3.63, 3.8) is 0 Å². The van der Waals surface area contributed by atoms with Crippen LogP contribution in [0.2, 0.25) is 0 Å². The van der Waals surface area contributed by atoms with Crippen LogP contribution in [-0.4, -0.2) is 43.4 Å².